The molecule has 0 spiro atoms. The highest BCUT2D eigenvalue weighted by Gasteiger charge is 2.11. The summed E-state index contributed by atoms with van der Waals surface area (Å²) in [5.74, 6) is -0.798. The fraction of sp³-hybridized carbons (Fsp3) is 0.0769. The Morgan fingerprint density at radius 2 is 1.71 bits per heavy atom. The number of hydrogen-bond donors (Lipinski definition) is 0. The number of ether oxygens (including phenoxy) is 1. The third kappa shape index (κ3) is 2.39. The molecule has 0 aliphatic carbocycles. The van der Waals surface area contributed by atoms with E-state index < -0.39 is 11.6 Å². The summed E-state index contributed by atoms with van der Waals surface area (Å²) >= 11 is 5.81. The first-order valence-electron chi connectivity index (χ1n) is 4.91. The highest BCUT2D eigenvalue weighted by Crippen LogP contribution is 2.33. The molecule has 0 atom stereocenters. The van der Waals surface area contributed by atoms with Crippen LogP contribution in [0.2, 0.25) is 5.02 Å². The van der Waals surface area contributed by atoms with E-state index in [2.05, 4.69) is 0 Å². The van der Waals surface area contributed by atoms with Gasteiger partial charge in [-0.2, -0.15) is 0 Å². The van der Waals surface area contributed by atoms with Gasteiger partial charge in [0.15, 0.2) is 0 Å². The van der Waals surface area contributed by atoms with Crippen molar-refractivity contribution < 1.29 is 13.5 Å². The van der Waals surface area contributed by atoms with E-state index >= 15 is 0 Å². The third-order valence-corrected chi connectivity index (χ3v) is 2.62. The number of benzene rings is 2. The average Bonchev–Trinajstić information content (AvgIpc) is 2.30. The largest absolute Gasteiger partial charge is 0.496 e. The fourth-order valence-corrected chi connectivity index (χ4v) is 1.76. The van der Waals surface area contributed by atoms with Crippen LogP contribution in [0, 0.1) is 11.6 Å². The monoisotopic (exact) mass is 254 g/mol. The molecular weight excluding hydrogens is 246 g/mol. The SMILES string of the molecule is COc1cc(Cl)ccc1-c1ccc(F)cc1F. The van der Waals surface area contributed by atoms with Gasteiger partial charge in [-0.3, -0.25) is 0 Å². The summed E-state index contributed by atoms with van der Waals surface area (Å²) < 4.78 is 31.6. The Kier molecular flexibility index (Phi) is 3.29. The minimum Gasteiger partial charge on any atom is -0.496 e. The van der Waals surface area contributed by atoms with Crippen LogP contribution in [0.3, 0.4) is 0 Å². The Labute approximate surface area is 103 Å². The molecule has 0 saturated carbocycles. The van der Waals surface area contributed by atoms with Crippen molar-refractivity contribution in [1.29, 1.82) is 0 Å². The van der Waals surface area contributed by atoms with Gasteiger partial charge in [-0.05, 0) is 30.3 Å². The molecule has 1 nitrogen and oxygen atoms in total. The van der Waals surface area contributed by atoms with Crippen LogP contribution in [0.5, 0.6) is 5.75 Å². The van der Waals surface area contributed by atoms with Gasteiger partial charge in [-0.1, -0.05) is 11.6 Å². The molecule has 2 rings (SSSR count). The molecule has 2 aromatic carbocycles. The zero-order chi connectivity index (χ0) is 12.4. The molecule has 0 saturated heterocycles. The van der Waals surface area contributed by atoms with Gasteiger partial charge in [-0.15, -0.1) is 0 Å². The smallest absolute Gasteiger partial charge is 0.134 e. The molecule has 0 unspecified atom stereocenters. The highest BCUT2D eigenvalue weighted by atomic mass is 35.5. The summed E-state index contributed by atoms with van der Waals surface area (Å²) in [4.78, 5) is 0. The number of rotatable bonds is 2. The number of halogens is 3. The Morgan fingerprint density at radius 3 is 2.35 bits per heavy atom. The van der Waals surface area contributed by atoms with Gasteiger partial charge < -0.3 is 4.74 Å². The zero-order valence-electron chi connectivity index (χ0n) is 9.01. The van der Waals surface area contributed by atoms with Crippen molar-refractivity contribution in [2.24, 2.45) is 0 Å². The summed E-state index contributed by atoms with van der Waals surface area (Å²) in [6.07, 6.45) is 0. The van der Waals surface area contributed by atoms with Gasteiger partial charge in [0.1, 0.15) is 17.4 Å². The molecular formula is C13H9ClF2O. The lowest BCUT2D eigenvalue weighted by Gasteiger charge is -2.09. The molecule has 0 radical (unpaired) electrons. The Balaban J connectivity index is 2.60. The zero-order valence-corrected chi connectivity index (χ0v) is 9.76. The highest BCUT2D eigenvalue weighted by molar-refractivity contribution is 6.30. The fourth-order valence-electron chi connectivity index (χ4n) is 1.60. The van der Waals surface area contributed by atoms with E-state index in [1.54, 1.807) is 18.2 Å². The van der Waals surface area contributed by atoms with Gasteiger partial charge in [-0.25, -0.2) is 8.78 Å². The van der Waals surface area contributed by atoms with Gasteiger partial charge in [0.25, 0.3) is 0 Å². The average molecular weight is 255 g/mol. The predicted molar refractivity (Wildman–Crippen MR) is 63.4 cm³/mol. The lowest BCUT2D eigenvalue weighted by atomic mass is 10.0. The Hall–Kier alpha value is -1.61. The second kappa shape index (κ2) is 4.72. The van der Waals surface area contributed by atoms with Crippen LogP contribution in [0.15, 0.2) is 36.4 Å². The van der Waals surface area contributed by atoms with Gasteiger partial charge >= 0.3 is 0 Å². The maximum Gasteiger partial charge on any atom is 0.134 e. The van der Waals surface area contributed by atoms with E-state index in [0.29, 0.717) is 16.3 Å². The minimum atomic E-state index is -0.634. The van der Waals surface area contributed by atoms with Gasteiger partial charge in [0, 0.05) is 22.2 Å². The van der Waals surface area contributed by atoms with Crippen LogP contribution >= 0.6 is 11.6 Å². The summed E-state index contributed by atoms with van der Waals surface area (Å²) in [5, 5.41) is 0.494. The predicted octanol–water partition coefficient (Wildman–Crippen LogP) is 4.29. The Morgan fingerprint density at radius 1 is 1.00 bits per heavy atom. The van der Waals surface area contributed by atoms with Crippen LogP contribution in [-0.2, 0) is 0 Å². The van der Waals surface area contributed by atoms with E-state index in [0.717, 1.165) is 6.07 Å². The standard InChI is InChI=1S/C13H9ClF2O/c1-17-13-6-8(14)2-4-11(13)10-5-3-9(15)7-12(10)16/h2-7H,1H3. The first-order valence-corrected chi connectivity index (χ1v) is 5.28. The first-order chi connectivity index (χ1) is 8.11. The van der Waals surface area contributed by atoms with Crippen molar-refractivity contribution in [2.75, 3.05) is 7.11 Å². The summed E-state index contributed by atoms with van der Waals surface area (Å²) in [7, 11) is 1.47. The molecule has 0 heterocycles. The Bertz CT molecular complexity index is 555. The topological polar surface area (TPSA) is 9.23 Å². The van der Waals surface area contributed by atoms with Crippen molar-refractivity contribution in [3.8, 4) is 16.9 Å². The molecule has 0 N–H and O–H groups in total. The first kappa shape index (κ1) is 11.9. The maximum atomic E-state index is 13.6. The molecule has 17 heavy (non-hydrogen) atoms. The quantitative estimate of drug-likeness (QED) is 0.777. The lowest BCUT2D eigenvalue weighted by Crippen LogP contribution is -1.91. The molecule has 2 aromatic rings. The van der Waals surface area contributed by atoms with Crippen molar-refractivity contribution in [3.63, 3.8) is 0 Å². The number of methoxy groups -OCH3 is 1. The molecule has 0 fully saturated rings. The second-order valence-corrected chi connectivity index (χ2v) is 3.91. The molecule has 0 aliphatic rings. The second-order valence-electron chi connectivity index (χ2n) is 3.47. The lowest BCUT2D eigenvalue weighted by molar-refractivity contribution is 0.416. The molecule has 0 amide bonds. The van der Waals surface area contributed by atoms with Crippen LogP contribution in [-0.4, -0.2) is 7.11 Å². The van der Waals surface area contributed by atoms with Crippen LogP contribution < -0.4 is 4.74 Å². The maximum absolute atomic E-state index is 13.6. The van der Waals surface area contributed by atoms with E-state index in [1.807, 2.05) is 0 Å². The third-order valence-electron chi connectivity index (χ3n) is 2.38. The summed E-state index contributed by atoms with van der Waals surface area (Å²) in [6, 6.07) is 8.26. The van der Waals surface area contributed by atoms with E-state index in [4.69, 9.17) is 16.3 Å². The molecule has 4 heteroatoms. The van der Waals surface area contributed by atoms with Crippen LogP contribution in [0.25, 0.3) is 11.1 Å². The number of hydrogen-bond acceptors (Lipinski definition) is 1. The molecule has 0 aliphatic heterocycles. The van der Waals surface area contributed by atoms with Crippen molar-refractivity contribution >= 4 is 11.6 Å². The van der Waals surface area contributed by atoms with Gasteiger partial charge in [0.05, 0.1) is 7.11 Å². The van der Waals surface area contributed by atoms with E-state index in [1.165, 1.54) is 19.2 Å². The van der Waals surface area contributed by atoms with Gasteiger partial charge in [0.2, 0.25) is 0 Å². The molecule has 0 bridgehead atoms. The van der Waals surface area contributed by atoms with Crippen molar-refractivity contribution in [2.45, 2.75) is 0 Å². The molecule has 0 aromatic heterocycles. The van der Waals surface area contributed by atoms with Crippen LogP contribution in [0.4, 0.5) is 8.78 Å². The van der Waals surface area contributed by atoms with Crippen molar-refractivity contribution in [1.82, 2.24) is 0 Å². The minimum absolute atomic E-state index is 0.278. The normalized spacial score (nSPS) is 10.4. The van der Waals surface area contributed by atoms with Crippen LogP contribution in [0.1, 0.15) is 0 Å². The molecule has 88 valence electrons. The van der Waals surface area contributed by atoms with Crippen molar-refractivity contribution in [3.05, 3.63) is 53.1 Å². The summed E-state index contributed by atoms with van der Waals surface area (Å²) in [6.45, 7) is 0. The van der Waals surface area contributed by atoms with E-state index in [9.17, 15) is 8.78 Å². The summed E-state index contributed by atoms with van der Waals surface area (Å²) in [5.41, 5.74) is 0.814. The van der Waals surface area contributed by atoms with E-state index in [-0.39, 0.29) is 5.56 Å².